The largest absolute Gasteiger partial charge is 0.364 e. The Balaban J connectivity index is 1.04. The van der Waals surface area contributed by atoms with Crippen molar-refractivity contribution < 1.29 is 9.59 Å². The van der Waals surface area contributed by atoms with Gasteiger partial charge in [-0.1, -0.05) is 30.7 Å². The molecule has 7 rings (SSSR count). The van der Waals surface area contributed by atoms with Crippen LogP contribution in [0.3, 0.4) is 0 Å². The molecule has 9 nitrogen and oxygen atoms in total. The van der Waals surface area contributed by atoms with Crippen LogP contribution < -0.4 is 15.5 Å². The van der Waals surface area contributed by atoms with Crippen LogP contribution in [0.25, 0.3) is 5.65 Å². The molecule has 3 aromatic heterocycles. The van der Waals surface area contributed by atoms with Gasteiger partial charge in [-0.05, 0) is 66.8 Å². The number of nitrogens with zero attached hydrogens (tertiary/aromatic N) is 5. The van der Waals surface area contributed by atoms with Gasteiger partial charge in [0, 0.05) is 41.9 Å². The molecule has 2 aliphatic carbocycles. The molecule has 1 unspecified atom stereocenters. The van der Waals surface area contributed by atoms with E-state index in [0.717, 1.165) is 42.0 Å². The summed E-state index contributed by atoms with van der Waals surface area (Å²) in [6.07, 6.45) is 9.62. The highest BCUT2D eigenvalue weighted by Gasteiger charge is 2.44. The standard InChI is InChI=1S/C30H30ClN7O2/c1-17-7-8-38(30(17)40)25-10-20(18-5-6-18)14-37-15-22(35-28(25)37)13-32-26-12-27(34-16-33-26)36-29(39)24-11-23(24)19-3-2-4-21(31)9-19/h2-4,9-10,12,14-18,23-24H,5-8,11,13H2,1H3,(H2,32,33,34,36,39)/t17?,23-,24+/m1/s1. The Morgan fingerprint density at radius 1 is 1.07 bits per heavy atom. The molecule has 1 aromatic carbocycles. The average molecular weight is 556 g/mol. The number of imidazole rings is 1. The van der Waals surface area contributed by atoms with Crippen LogP contribution in [0.15, 0.2) is 55.1 Å². The van der Waals surface area contributed by atoms with Crippen LogP contribution in [0, 0.1) is 11.8 Å². The van der Waals surface area contributed by atoms with Crippen LogP contribution in [-0.2, 0) is 16.1 Å². The van der Waals surface area contributed by atoms with Gasteiger partial charge in [0.1, 0.15) is 18.0 Å². The second-order valence-corrected chi connectivity index (χ2v) is 11.6. The van der Waals surface area contributed by atoms with E-state index in [1.54, 1.807) is 6.07 Å². The van der Waals surface area contributed by atoms with Crippen molar-refractivity contribution in [2.45, 2.75) is 51.0 Å². The predicted octanol–water partition coefficient (Wildman–Crippen LogP) is 5.38. The quantitative estimate of drug-likeness (QED) is 0.302. The van der Waals surface area contributed by atoms with E-state index < -0.39 is 0 Å². The fourth-order valence-electron chi connectivity index (χ4n) is 5.65. The average Bonchev–Trinajstić information content (AvgIpc) is 3.87. The summed E-state index contributed by atoms with van der Waals surface area (Å²) in [5, 5.41) is 6.91. The second-order valence-electron chi connectivity index (χ2n) is 11.2. The minimum atomic E-state index is -0.0944. The first-order chi connectivity index (χ1) is 19.4. The first-order valence-electron chi connectivity index (χ1n) is 13.9. The zero-order valence-corrected chi connectivity index (χ0v) is 22.9. The molecular formula is C30H30ClN7O2. The summed E-state index contributed by atoms with van der Waals surface area (Å²) in [5.41, 5.74) is 4.86. The number of nitrogens with one attached hydrogen (secondary N) is 2. The summed E-state index contributed by atoms with van der Waals surface area (Å²) in [4.78, 5) is 41.0. The number of fused-ring (bicyclic) bond motifs is 1. The van der Waals surface area contributed by atoms with E-state index >= 15 is 0 Å². The number of carbonyl (C=O) groups is 2. The summed E-state index contributed by atoms with van der Waals surface area (Å²) in [6, 6.07) is 11.6. The number of pyridine rings is 1. The van der Waals surface area contributed by atoms with E-state index in [1.807, 2.05) is 46.7 Å². The van der Waals surface area contributed by atoms with Crippen LogP contribution in [-0.4, -0.2) is 37.7 Å². The van der Waals surface area contributed by atoms with Gasteiger partial charge in [0.25, 0.3) is 0 Å². The van der Waals surface area contributed by atoms with Crippen LogP contribution in [0.5, 0.6) is 0 Å². The fraction of sp³-hybridized carbons (Fsp3) is 0.367. The lowest BCUT2D eigenvalue weighted by Crippen LogP contribution is -2.27. The van der Waals surface area contributed by atoms with E-state index in [-0.39, 0.29) is 29.6 Å². The minimum Gasteiger partial charge on any atom is -0.364 e. The first kappa shape index (κ1) is 25.0. The number of rotatable bonds is 8. The van der Waals surface area contributed by atoms with Crippen molar-refractivity contribution in [3.8, 4) is 0 Å². The summed E-state index contributed by atoms with van der Waals surface area (Å²) >= 11 is 6.11. The number of aromatic nitrogens is 4. The van der Waals surface area contributed by atoms with Crippen molar-refractivity contribution in [3.05, 3.63) is 77.0 Å². The lowest BCUT2D eigenvalue weighted by atomic mass is 10.1. The third-order valence-corrected chi connectivity index (χ3v) is 8.42. The molecular weight excluding hydrogens is 526 g/mol. The summed E-state index contributed by atoms with van der Waals surface area (Å²) in [6.45, 7) is 3.15. The fourth-order valence-corrected chi connectivity index (χ4v) is 5.85. The summed E-state index contributed by atoms with van der Waals surface area (Å²) < 4.78 is 2.05. The molecule has 10 heteroatoms. The van der Waals surface area contributed by atoms with Crippen molar-refractivity contribution in [3.63, 3.8) is 0 Å². The Morgan fingerprint density at radius 3 is 2.70 bits per heavy atom. The maximum Gasteiger partial charge on any atom is 0.229 e. The van der Waals surface area contributed by atoms with Crippen LogP contribution in [0.2, 0.25) is 5.02 Å². The van der Waals surface area contributed by atoms with Crippen molar-refractivity contribution in [1.82, 2.24) is 19.4 Å². The molecule has 3 fully saturated rings. The molecule has 1 aliphatic heterocycles. The van der Waals surface area contributed by atoms with Crippen molar-refractivity contribution >= 4 is 46.4 Å². The third kappa shape index (κ3) is 4.90. The minimum absolute atomic E-state index is 0.0378. The SMILES string of the molecule is CC1CCN(c2cc(C3CC3)cn3cc(CNc4cc(NC(=O)[C@H]5C[C@@H]5c5cccc(Cl)c5)ncn4)nc23)C1=O. The number of hydrogen-bond donors (Lipinski definition) is 2. The maximum atomic E-state index is 12.8. The van der Waals surface area contributed by atoms with Gasteiger partial charge >= 0.3 is 0 Å². The molecule has 2 amide bonds. The number of hydrogen-bond acceptors (Lipinski definition) is 6. The van der Waals surface area contributed by atoms with E-state index in [9.17, 15) is 9.59 Å². The lowest BCUT2D eigenvalue weighted by molar-refractivity contribution is -0.120. The molecule has 0 spiro atoms. The number of anilines is 3. The molecule has 3 atom stereocenters. The zero-order valence-electron chi connectivity index (χ0n) is 22.2. The molecule has 0 bridgehead atoms. The highest BCUT2D eigenvalue weighted by atomic mass is 35.5. The second kappa shape index (κ2) is 9.89. The zero-order chi connectivity index (χ0) is 27.4. The van der Waals surface area contributed by atoms with Crippen LogP contribution in [0.4, 0.5) is 17.3 Å². The molecule has 0 radical (unpaired) electrons. The molecule has 2 saturated carbocycles. The maximum absolute atomic E-state index is 12.8. The van der Waals surface area contributed by atoms with E-state index in [2.05, 4.69) is 32.9 Å². The number of amides is 2. The van der Waals surface area contributed by atoms with E-state index in [4.69, 9.17) is 16.6 Å². The Hall–Kier alpha value is -3.98. The van der Waals surface area contributed by atoms with Crippen molar-refractivity contribution in [2.75, 3.05) is 22.1 Å². The Kier molecular flexibility index (Phi) is 6.19. The van der Waals surface area contributed by atoms with Crippen molar-refractivity contribution in [1.29, 1.82) is 0 Å². The van der Waals surface area contributed by atoms with Gasteiger partial charge in [0.2, 0.25) is 11.8 Å². The smallest absolute Gasteiger partial charge is 0.229 e. The molecule has 4 heterocycles. The molecule has 2 N–H and O–H groups in total. The van der Waals surface area contributed by atoms with Gasteiger partial charge in [-0.15, -0.1) is 0 Å². The predicted molar refractivity (Wildman–Crippen MR) is 154 cm³/mol. The van der Waals surface area contributed by atoms with Gasteiger partial charge in [0.15, 0.2) is 5.65 Å². The molecule has 1 saturated heterocycles. The monoisotopic (exact) mass is 555 g/mol. The van der Waals surface area contributed by atoms with Gasteiger partial charge in [-0.25, -0.2) is 15.0 Å². The normalized spacial score (nSPS) is 22.1. The summed E-state index contributed by atoms with van der Waals surface area (Å²) in [7, 11) is 0. The first-order valence-corrected chi connectivity index (χ1v) is 14.3. The molecule has 3 aliphatic rings. The topological polar surface area (TPSA) is 105 Å². The number of carbonyl (C=O) groups excluding carboxylic acids is 2. The lowest BCUT2D eigenvalue weighted by Gasteiger charge is -2.18. The highest BCUT2D eigenvalue weighted by molar-refractivity contribution is 6.30. The van der Waals surface area contributed by atoms with Gasteiger partial charge in [-0.3, -0.25) is 9.59 Å². The van der Waals surface area contributed by atoms with Crippen LogP contribution in [0.1, 0.15) is 61.3 Å². The number of benzene rings is 1. The van der Waals surface area contributed by atoms with Gasteiger partial charge in [-0.2, -0.15) is 0 Å². The number of halogens is 1. The van der Waals surface area contributed by atoms with E-state index in [0.29, 0.717) is 29.1 Å². The highest BCUT2D eigenvalue weighted by Crippen LogP contribution is 2.48. The Labute approximate surface area is 237 Å². The molecule has 204 valence electrons. The third-order valence-electron chi connectivity index (χ3n) is 8.19. The van der Waals surface area contributed by atoms with E-state index in [1.165, 1.54) is 24.7 Å². The van der Waals surface area contributed by atoms with Crippen LogP contribution >= 0.6 is 11.6 Å². The van der Waals surface area contributed by atoms with Crippen molar-refractivity contribution in [2.24, 2.45) is 11.8 Å². The molecule has 4 aromatic rings. The Bertz CT molecular complexity index is 1630. The Morgan fingerprint density at radius 2 is 1.93 bits per heavy atom. The van der Waals surface area contributed by atoms with Gasteiger partial charge < -0.3 is 19.9 Å². The summed E-state index contributed by atoms with van der Waals surface area (Å²) in [5.74, 6) is 1.84. The molecule has 40 heavy (non-hydrogen) atoms. The van der Waals surface area contributed by atoms with Gasteiger partial charge in [0.05, 0.1) is 17.9 Å².